The van der Waals surface area contributed by atoms with Crippen LogP contribution in [-0.4, -0.2) is 23.4 Å². The Labute approximate surface area is 121 Å². The van der Waals surface area contributed by atoms with E-state index in [1.807, 2.05) is 0 Å². The lowest BCUT2D eigenvalue weighted by Gasteiger charge is -2.31. The molecule has 0 heterocycles. The monoisotopic (exact) mass is 282 g/mol. The molecule has 0 atom stereocenters. The highest BCUT2D eigenvalue weighted by Gasteiger charge is 2.32. The molecular formula is C16H26O4. The molecule has 4 nitrogen and oxygen atoms in total. The third kappa shape index (κ3) is 4.39. The molecule has 0 amide bonds. The molecule has 1 aromatic rings. The first kappa shape index (κ1) is 16.8. The van der Waals surface area contributed by atoms with Crippen molar-refractivity contribution in [3.05, 3.63) is 23.8 Å². The number of hydrogen-bond donors (Lipinski definition) is 2. The van der Waals surface area contributed by atoms with Crippen molar-refractivity contribution in [3.8, 4) is 11.5 Å². The van der Waals surface area contributed by atoms with Crippen LogP contribution in [0.25, 0.3) is 0 Å². The van der Waals surface area contributed by atoms with Crippen molar-refractivity contribution >= 4 is 0 Å². The molecule has 0 aliphatic heterocycles. The number of aromatic hydroxyl groups is 2. The molecule has 114 valence electrons. The summed E-state index contributed by atoms with van der Waals surface area (Å²) in [5, 5.41) is 19.7. The summed E-state index contributed by atoms with van der Waals surface area (Å²) in [6, 6.07) is 4.83. The van der Waals surface area contributed by atoms with Crippen molar-refractivity contribution in [1.29, 1.82) is 0 Å². The molecule has 4 heteroatoms. The van der Waals surface area contributed by atoms with E-state index in [2.05, 4.69) is 13.8 Å². The van der Waals surface area contributed by atoms with Crippen LogP contribution in [-0.2, 0) is 15.3 Å². The first-order valence-electron chi connectivity index (χ1n) is 7.34. The zero-order chi connectivity index (χ0) is 15.0. The van der Waals surface area contributed by atoms with Crippen LogP contribution in [0.3, 0.4) is 0 Å². The Kier molecular flexibility index (Phi) is 6.82. The fourth-order valence-electron chi connectivity index (χ4n) is 1.92. The topological polar surface area (TPSA) is 58.9 Å². The first-order chi connectivity index (χ1) is 9.55. The normalized spacial score (nSPS) is 11.8. The Hall–Kier alpha value is -1.26. The molecule has 0 radical (unpaired) electrons. The van der Waals surface area contributed by atoms with Gasteiger partial charge in [-0.25, -0.2) is 0 Å². The summed E-state index contributed by atoms with van der Waals surface area (Å²) >= 11 is 0. The van der Waals surface area contributed by atoms with E-state index in [1.54, 1.807) is 19.1 Å². The first-order valence-corrected chi connectivity index (χ1v) is 7.34. The molecule has 1 rings (SSSR count). The molecule has 0 fully saturated rings. The van der Waals surface area contributed by atoms with Crippen LogP contribution in [0.1, 0.15) is 52.0 Å². The van der Waals surface area contributed by atoms with E-state index in [1.165, 1.54) is 6.07 Å². The third-order valence-electron chi connectivity index (χ3n) is 3.25. The van der Waals surface area contributed by atoms with Gasteiger partial charge in [-0.05, 0) is 31.9 Å². The highest BCUT2D eigenvalue weighted by atomic mass is 16.7. The van der Waals surface area contributed by atoms with Gasteiger partial charge in [0.15, 0.2) is 17.3 Å². The Morgan fingerprint density at radius 2 is 1.55 bits per heavy atom. The van der Waals surface area contributed by atoms with E-state index in [0.29, 0.717) is 18.8 Å². The summed E-state index contributed by atoms with van der Waals surface area (Å²) in [4.78, 5) is 0. The average Bonchev–Trinajstić information content (AvgIpc) is 2.42. The quantitative estimate of drug-likeness (QED) is 0.409. The molecule has 0 aliphatic carbocycles. The summed E-state index contributed by atoms with van der Waals surface area (Å²) in [5.41, 5.74) is 0.463. The van der Waals surface area contributed by atoms with Crippen LogP contribution >= 0.6 is 0 Å². The van der Waals surface area contributed by atoms with E-state index in [-0.39, 0.29) is 11.5 Å². The molecule has 0 aromatic heterocycles. The van der Waals surface area contributed by atoms with E-state index in [4.69, 9.17) is 9.47 Å². The fraction of sp³-hybridized carbons (Fsp3) is 0.625. The van der Waals surface area contributed by atoms with Crippen LogP contribution in [0, 0.1) is 0 Å². The smallest absolute Gasteiger partial charge is 0.195 e. The zero-order valence-electron chi connectivity index (χ0n) is 12.7. The van der Waals surface area contributed by atoms with Gasteiger partial charge in [-0.1, -0.05) is 32.8 Å². The molecule has 0 saturated carbocycles. The minimum atomic E-state index is -1.03. The molecule has 20 heavy (non-hydrogen) atoms. The fourth-order valence-corrected chi connectivity index (χ4v) is 1.92. The van der Waals surface area contributed by atoms with Crippen molar-refractivity contribution < 1.29 is 19.7 Å². The number of benzene rings is 1. The van der Waals surface area contributed by atoms with E-state index in [0.717, 1.165) is 25.7 Å². The summed E-state index contributed by atoms with van der Waals surface area (Å²) in [7, 11) is 0. The van der Waals surface area contributed by atoms with Crippen molar-refractivity contribution in [1.82, 2.24) is 0 Å². The second-order valence-electron chi connectivity index (χ2n) is 5.02. The summed E-state index contributed by atoms with van der Waals surface area (Å²) in [6.45, 7) is 7.06. The number of phenols is 2. The van der Waals surface area contributed by atoms with E-state index >= 15 is 0 Å². The van der Waals surface area contributed by atoms with Gasteiger partial charge in [0.2, 0.25) is 0 Å². The molecule has 1 aromatic carbocycles. The Balaban J connectivity index is 2.92. The second kappa shape index (κ2) is 8.12. The van der Waals surface area contributed by atoms with Crippen LogP contribution < -0.4 is 0 Å². The molecular weight excluding hydrogens is 256 g/mol. The van der Waals surface area contributed by atoms with Gasteiger partial charge in [-0.15, -0.1) is 0 Å². The van der Waals surface area contributed by atoms with Crippen molar-refractivity contribution in [3.63, 3.8) is 0 Å². The maximum Gasteiger partial charge on any atom is 0.195 e. The standard InChI is InChI=1S/C16H26O4/c1-4-6-11-19-16(3,20-12-7-5-2)13-9-8-10-14(17)15(13)18/h8-10,17-18H,4-7,11-12H2,1-3H3. The summed E-state index contributed by atoms with van der Waals surface area (Å²) in [6.07, 6.45) is 3.90. The second-order valence-corrected chi connectivity index (χ2v) is 5.02. The van der Waals surface area contributed by atoms with E-state index in [9.17, 15) is 10.2 Å². The van der Waals surface area contributed by atoms with Gasteiger partial charge in [0.25, 0.3) is 0 Å². The van der Waals surface area contributed by atoms with Crippen molar-refractivity contribution in [2.75, 3.05) is 13.2 Å². The number of rotatable bonds is 9. The number of para-hydroxylation sites is 1. The number of hydrogen-bond acceptors (Lipinski definition) is 4. The van der Waals surface area contributed by atoms with Crippen LogP contribution in [0.2, 0.25) is 0 Å². The molecule has 0 saturated heterocycles. The molecule has 0 aliphatic rings. The highest BCUT2D eigenvalue weighted by Crippen LogP contribution is 2.38. The van der Waals surface area contributed by atoms with Gasteiger partial charge in [0.1, 0.15) is 0 Å². The van der Waals surface area contributed by atoms with Crippen molar-refractivity contribution in [2.24, 2.45) is 0 Å². The van der Waals surface area contributed by atoms with Crippen molar-refractivity contribution in [2.45, 2.75) is 52.2 Å². The molecule has 0 spiro atoms. The minimum Gasteiger partial charge on any atom is -0.504 e. The largest absolute Gasteiger partial charge is 0.504 e. The molecule has 2 N–H and O–H groups in total. The van der Waals surface area contributed by atoms with Gasteiger partial charge in [0.05, 0.1) is 18.8 Å². The molecule has 0 bridgehead atoms. The van der Waals surface area contributed by atoms with Crippen LogP contribution in [0.15, 0.2) is 18.2 Å². The van der Waals surface area contributed by atoms with E-state index < -0.39 is 5.79 Å². The van der Waals surface area contributed by atoms with Gasteiger partial charge in [-0.3, -0.25) is 0 Å². The minimum absolute atomic E-state index is 0.160. The van der Waals surface area contributed by atoms with Crippen LogP contribution in [0.4, 0.5) is 0 Å². The lowest BCUT2D eigenvalue weighted by Crippen LogP contribution is -2.30. The lowest BCUT2D eigenvalue weighted by molar-refractivity contribution is -0.236. The van der Waals surface area contributed by atoms with Crippen LogP contribution in [0.5, 0.6) is 11.5 Å². The number of ether oxygens (including phenoxy) is 2. The number of phenolic OH excluding ortho intramolecular Hbond substituents is 2. The SMILES string of the molecule is CCCCOC(C)(OCCCC)c1cccc(O)c1O. The highest BCUT2D eigenvalue weighted by molar-refractivity contribution is 5.46. The maximum atomic E-state index is 10.0. The van der Waals surface area contributed by atoms with Gasteiger partial charge >= 0.3 is 0 Å². The third-order valence-corrected chi connectivity index (χ3v) is 3.25. The summed E-state index contributed by atoms with van der Waals surface area (Å²) in [5.74, 6) is -1.37. The predicted octanol–water partition coefficient (Wildman–Crippen LogP) is 3.90. The molecule has 0 unspecified atom stereocenters. The maximum absolute atomic E-state index is 10.0. The predicted molar refractivity (Wildman–Crippen MR) is 78.8 cm³/mol. The summed E-state index contributed by atoms with van der Waals surface area (Å²) < 4.78 is 11.7. The average molecular weight is 282 g/mol. The number of unbranched alkanes of at least 4 members (excludes halogenated alkanes) is 2. The van der Waals surface area contributed by atoms with Gasteiger partial charge in [0, 0.05) is 0 Å². The Bertz CT molecular complexity index is 393. The van der Waals surface area contributed by atoms with Gasteiger partial charge < -0.3 is 19.7 Å². The zero-order valence-corrected chi connectivity index (χ0v) is 12.7. The Morgan fingerprint density at radius 3 is 2.05 bits per heavy atom. The lowest BCUT2D eigenvalue weighted by atomic mass is 10.1. The van der Waals surface area contributed by atoms with Gasteiger partial charge in [-0.2, -0.15) is 0 Å². The Morgan fingerprint density at radius 1 is 1.00 bits per heavy atom.